The van der Waals surface area contributed by atoms with Crippen LogP contribution in [0.3, 0.4) is 0 Å². The molecule has 0 aliphatic carbocycles. The number of nitrogens with one attached hydrogen (secondary N) is 1. The fourth-order valence-corrected chi connectivity index (χ4v) is 2.51. The first kappa shape index (κ1) is 24.0. The van der Waals surface area contributed by atoms with Crippen molar-refractivity contribution in [1.82, 2.24) is 10.3 Å². The van der Waals surface area contributed by atoms with Crippen molar-refractivity contribution in [2.75, 3.05) is 20.2 Å². The van der Waals surface area contributed by atoms with Crippen molar-refractivity contribution in [3.8, 4) is 0 Å². The Labute approximate surface area is 170 Å². The fraction of sp³-hybridized carbons (Fsp3) is 0.353. The minimum Gasteiger partial charge on any atom is -0.467 e. The Kier molecular flexibility index (Phi) is 6.52. The van der Waals surface area contributed by atoms with E-state index in [0.717, 1.165) is 24.3 Å². The lowest BCUT2D eigenvalue weighted by Gasteiger charge is -2.41. The zero-order chi connectivity index (χ0) is 23.6. The van der Waals surface area contributed by atoms with Gasteiger partial charge in [0.05, 0.1) is 31.3 Å². The van der Waals surface area contributed by atoms with Gasteiger partial charge in [-0.2, -0.15) is 31.4 Å². The van der Waals surface area contributed by atoms with Crippen LogP contribution in [-0.2, 0) is 26.7 Å². The fourth-order valence-electron chi connectivity index (χ4n) is 2.51. The molecule has 0 atom stereocenters. The number of alkyl halides is 7. The van der Waals surface area contributed by atoms with Crippen molar-refractivity contribution in [1.29, 1.82) is 0 Å². The number of likely N-dealkylation sites (tertiary alicyclic amines) is 1. The molecule has 0 aromatic heterocycles. The molecule has 1 saturated heterocycles. The number of hydrazone groups is 1. The van der Waals surface area contributed by atoms with Crippen molar-refractivity contribution in [2.45, 2.75) is 18.0 Å². The number of carbonyl (C=O) groups excluding carboxylic acids is 2. The van der Waals surface area contributed by atoms with Gasteiger partial charge >= 0.3 is 18.3 Å². The molecule has 7 nitrogen and oxygen atoms in total. The van der Waals surface area contributed by atoms with Gasteiger partial charge in [0.2, 0.25) is 11.6 Å². The predicted octanol–water partition coefficient (Wildman–Crippen LogP) is 2.17. The van der Waals surface area contributed by atoms with E-state index in [1.807, 2.05) is 0 Å². The highest BCUT2D eigenvalue weighted by Gasteiger charge is 2.52. The summed E-state index contributed by atoms with van der Waals surface area (Å²) < 4.78 is 95.4. The zero-order valence-electron chi connectivity index (χ0n) is 15.6. The summed E-state index contributed by atoms with van der Waals surface area (Å²) in [5.74, 6) is -2.58. The Morgan fingerprint density at radius 3 is 2.10 bits per heavy atom. The summed E-state index contributed by atoms with van der Waals surface area (Å²) in [7, 11) is 0.989. The SMILES string of the molecule is COC(=O)C1(F)CN(C(=O)/C=C\N/N=C(\N)c2cc(C(F)(F)F)cc(C(F)(F)F)c2)C1. The number of benzene rings is 1. The molecule has 14 heteroatoms. The Morgan fingerprint density at radius 2 is 1.65 bits per heavy atom. The van der Waals surface area contributed by atoms with Gasteiger partial charge in [0.1, 0.15) is 0 Å². The molecule has 1 aliphatic heterocycles. The first-order valence-electron chi connectivity index (χ1n) is 8.29. The van der Waals surface area contributed by atoms with Gasteiger partial charge in [-0.3, -0.25) is 10.2 Å². The smallest absolute Gasteiger partial charge is 0.416 e. The van der Waals surface area contributed by atoms with Crippen molar-refractivity contribution < 1.29 is 45.1 Å². The zero-order valence-corrected chi connectivity index (χ0v) is 15.6. The number of carbonyl (C=O) groups is 2. The molecule has 1 fully saturated rings. The standard InChI is InChI=1S/C17H15F7N4O3/c1-31-14(30)15(18)7-28(8-15)12(29)2-3-26-27-13(25)9-4-10(16(19,20)21)6-11(5-9)17(22,23)24/h2-6,26H,7-8H2,1H3,(H2,25,27)/b3-2-. The Balaban J connectivity index is 2.07. The largest absolute Gasteiger partial charge is 0.467 e. The molecular formula is C17H15F7N4O3. The summed E-state index contributed by atoms with van der Waals surface area (Å²) in [5, 5.41) is 3.39. The maximum atomic E-state index is 13.9. The first-order valence-corrected chi connectivity index (χ1v) is 8.29. The van der Waals surface area contributed by atoms with Gasteiger partial charge in [0.25, 0.3) is 0 Å². The average Bonchev–Trinajstić information content (AvgIpc) is 2.65. The van der Waals surface area contributed by atoms with E-state index in [1.54, 1.807) is 0 Å². The van der Waals surface area contributed by atoms with Crippen LogP contribution in [0.2, 0.25) is 0 Å². The number of esters is 1. The third-order valence-electron chi connectivity index (χ3n) is 4.11. The second-order valence-corrected chi connectivity index (χ2v) is 6.41. The third kappa shape index (κ3) is 5.64. The highest BCUT2D eigenvalue weighted by Crippen LogP contribution is 2.36. The lowest BCUT2D eigenvalue weighted by atomic mass is 9.96. The lowest BCUT2D eigenvalue weighted by molar-refractivity contribution is -0.170. The first-order chi connectivity index (χ1) is 14.2. The monoisotopic (exact) mass is 456 g/mol. The van der Waals surface area contributed by atoms with E-state index in [9.17, 15) is 40.3 Å². The molecule has 0 spiro atoms. The summed E-state index contributed by atoms with van der Waals surface area (Å²) in [6.45, 7) is -1.09. The van der Waals surface area contributed by atoms with Crippen LogP contribution in [0.1, 0.15) is 16.7 Å². The predicted molar refractivity (Wildman–Crippen MR) is 91.9 cm³/mol. The third-order valence-corrected chi connectivity index (χ3v) is 4.11. The van der Waals surface area contributed by atoms with Crippen LogP contribution in [-0.4, -0.2) is 48.5 Å². The van der Waals surface area contributed by atoms with E-state index in [4.69, 9.17) is 5.73 Å². The van der Waals surface area contributed by atoms with Crippen LogP contribution < -0.4 is 11.2 Å². The van der Waals surface area contributed by atoms with Crippen LogP contribution in [0.25, 0.3) is 0 Å². The van der Waals surface area contributed by atoms with Crippen LogP contribution in [0, 0.1) is 0 Å². The van der Waals surface area contributed by atoms with E-state index in [2.05, 4.69) is 15.3 Å². The number of nitrogens with two attached hydrogens (primary N) is 1. The van der Waals surface area contributed by atoms with Crippen molar-refractivity contribution in [3.05, 3.63) is 47.2 Å². The number of amides is 1. The number of hydrogen-bond acceptors (Lipinski definition) is 5. The topological polar surface area (TPSA) is 97.0 Å². The van der Waals surface area contributed by atoms with E-state index < -0.39 is 65.5 Å². The molecule has 1 aromatic rings. The molecule has 1 heterocycles. The quantitative estimate of drug-likeness (QED) is 0.177. The van der Waals surface area contributed by atoms with E-state index >= 15 is 0 Å². The maximum Gasteiger partial charge on any atom is 0.416 e. The van der Waals surface area contributed by atoms with Crippen molar-refractivity contribution >= 4 is 17.7 Å². The van der Waals surface area contributed by atoms with Crippen molar-refractivity contribution in [3.63, 3.8) is 0 Å². The van der Waals surface area contributed by atoms with Crippen LogP contribution in [0.5, 0.6) is 0 Å². The van der Waals surface area contributed by atoms with Crippen molar-refractivity contribution in [2.24, 2.45) is 10.8 Å². The van der Waals surface area contributed by atoms with E-state index in [0.29, 0.717) is 12.1 Å². The van der Waals surface area contributed by atoms with Gasteiger partial charge in [-0.1, -0.05) is 0 Å². The highest BCUT2D eigenvalue weighted by atomic mass is 19.4. The molecule has 0 unspecified atom stereocenters. The Bertz CT molecular complexity index is 887. The lowest BCUT2D eigenvalue weighted by Crippen LogP contribution is -2.64. The molecule has 1 amide bonds. The second kappa shape index (κ2) is 8.43. The van der Waals surface area contributed by atoms with Crippen LogP contribution >= 0.6 is 0 Å². The molecule has 31 heavy (non-hydrogen) atoms. The number of rotatable bonds is 5. The van der Waals surface area contributed by atoms with Gasteiger partial charge in [-0.15, -0.1) is 0 Å². The number of hydrogen-bond donors (Lipinski definition) is 2. The van der Waals surface area contributed by atoms with Gasteiger partial charge in [-0.05, 0) is 18.2 Å². The van der Waals surface area contributed by atoms with E-state index in [1.165, 1.54) is 0 Å². The number of ether oxygens (including phenoxy) is 1. The number of methoxy groups -OCH3 is 1. The molecule has 2 rings (SSSR count). The average molecular weight is 456 g/mol. The summed E-state index contributed by atoms with van der Waals surface area (Å²) in [6, 6.07) is 0.714. The van der Waals surface area contributed by atoms with Gasteiger partial charge in [0.15, 0.2) is 5.84 Å². The number of halogens is 7. The van der Waals surface area contributed by atoms with Crippen LogP contribution in [0.15, 0.2) is 35.6 Å². The molecule has 1 aliphatic rings. The summed E-state index contributed by atoms with van der Waals surface area (Å²) in [5.41, 5.74) is 1.41. The van der Waals surface area contributed by atoms with Gasteiger partial charge in [-0.25, -0.2) is 9.18 Å². The molecule has 3 N–H and O–H groups in total. The molecule has 0 bridgehead atoms. The molecule has 1 aromatic carbocycles. The highest BCUT2D eigenvalue weighted by molar-refractivity contribution is 5.97. The Morgan fingerprint density at radius 1 is 1.13 bits per heavy atom. The minimum atomic E-state index is -5.05. The van der Waals surface area contributed by atoms with E-state index in [-0.39, 0.29) is 6.07 Å². The molecule has 170 valence electrons. The molecule has 0 saturated carbocycles. The molecular weight excluding hydrogens is 441 g/mol. The summed E-state index contributed by atoms with van der Waals surface area (Å²) in [4.78, 5) is 23.9. The summed E-state index contributed by atoms with van der Waals surface area (Å²) in [6.07, 6.45) is -8.38. The minimum absolute atomic E-state index is 0.0604. The number of amidine groups is 1. The van der Waals surface area contributed by atoms with Crippen LogP contribution in [0.4, 0.5) is 30.7 Å². The maximum absolute atomic E-state index is 13.9. The molecule has 0 radical (unpaired) electrons. The summed E-state index contributed by atoms with van der Waals surface area (Å²) >= 11 is 0. The normalized spacial score (nSPS) is 16.8. The second-order valence-electron chi connectivity index (χ2n) is 6.41. The Hall–Kier alpha value is -3.32. The van der Waals surface area contributed by atoms with Gasteiger partial charge < -0.3 is 15.4 Å². The number of nitrogens with zero attached hydrogens (tertiary/aromatic N) is 2. The van der Waals surface area contributed by atoms with Gasteiger partial charge in [0, 0.05) is 17.8 Å².